The molecule has 1 fully saturated rings. The van der Waals surface area contributed by atoms with Crippen molar-refractivity contribution >= 4 is 10.0 Å². The molecule has 0 aliphatic carbocycles. The fraction of sp³-hybridized carbons (Fsp3) is 0.700. The van der Waals surface area contributed by atoms with Crippen molar-refractivity contribution in [2.24, 2.45) is 0 Å². The van der Waals surface area contributed by atoms with Gasteiger partial charge in [-0.15, -0.1) is 0 Å². The zero-order chi connectivity index (χ0) is 20.1. The lowest BCUT2D eigenvalue weighted by Crippen LogP contribution is -2.47. The number of likely N-dealkylation sites (N-methyl/N-ethyl adjacent to an activating group) is 1. The largest absolute Gasteiger partial charge is 0.486 e. The van der Waals surface area contributed by atoms with Crippen molar-refractivity contribution in [1.29, 1.82) is 0 Å². The second-order valence-corrected chi connectivity index (χ2v) is 9.67. The Kier molecular flexibility index (Phi) is 7.33. The number of ether oxygens (including phenoxy) is 1. The monoisotopic (exact) mass is 411 g/mol. The van der Waals surface area contributed by atoms with Crippen LogP contribution in [0, 0.1) is 0 Å². The van der Waals surface area contributed by atoms with Crippen molar-refractivity contribution < 1.29 is 18.3 Å². The highest BCUT2D eigenvalue weighted by Crippen LogP contribution is 2.28. The Bertz CT molecular complexity index is 743. The highest BCUT2D eigenvalue weighted by Gasteiger charge is 2.38. The van der Waals surface area contributed by atoms with E-state index in [9.17, 15) is 13.5 Å². The number of para-hydroxylation sites is 1. The van der Waals surface area contributed by atoms with Gasteiger partial charge in [-0.3, -0.25) is 9.80 Å². The predicted molar refractivity (Wildman–Crippen MR) is 109 cm³/mol. The van der Waals surface area contributed by atoms with Gasteiger partial charge >= 0.3 is 0 Å². The Morgan fingerprint density at radius 3 is 2.75 bits per heavy atom. The van der Waals surface area contributed by atoms with E-state index in [-0.39, 0.29) is 23.6 Å². The molecule has 0 radical (unpaired) electrons. The highest BCUT2D eigenvalue weighted by molar-refractivity contribution is 7.89. The number of fused-ring (bicyclic) bond motifs is 2. The standard InChI is InChI=1S/C20H33N3O4S/c1-3-4-5-8-11-23-14-17-19(15-23)27-18-9-6-7-10-20(18)28(25,26)21-12-16(24)13-22(17)2/h6-7,9-10,16-17,19,21,24H,3-5,8,11-15H2,1-2H3/t16-,17+,19-/m0/s1. The van der Waals surface area contributed by atoms with E-state index in [1.54, 1.807) is 24.3 Å². The van der Waals surface area contributed by atoms with Crippen LogP contribution in [0.5, 0.6) is 5.75 Å². The van der Waals surface area contributed by atoms with Crippen LogP contribution in [0.1, 0.15) is 32.6 Å². The van der Waals surface area contributed by atoms with E-state index in [0.29, 0.717) is 12.3 Å². The van der Waals surface area contributed by atoms with Gasteiger partial charge in [0.25, 0.3) is 0 Å². The van der Waals surface area contributed by atoms with E-state index in [0.717, 1.165) is 26.1 Å². The summed E-state index contributed by atoms with van der Waals surface area (Å²) in [5, 5.41) is 10.3. The first-order chi connectivity index (χ1) is 13.4. The van der Waals surface area contributed by atoms with Gasteiger partial charge in [0.15, 0.2) is 0 Å². The van der Waals surface area contributed by atoms with Crippen molar-refractivity contribution in [3.8, 4) is 5.75 Å². The van der Waals surface area contributed by atoms with Gasteiger partial charge < -0.3 is 9.84 Å². The first-order valence-electron chi connectivity index (χ1n) is 10.3. The molecule has 0 amide bonds. The third-order valence-corrected chi connectivity index (χ3v) is 7.09. The van der Waals surface area contributed by atoms with Gasteiger partial charge in [0.1, 0.15) is 16.7 Å². The maximum atomic E-state index is 12.7. The minimum atomic E-state index is -3.74. The molecule has 2 aliphatic rings. The van der Waals surface area contributed by atoms with E-state index < -0.39 is 16.1 Å². The average molecular weight is 412 g/mol. The molecule has 1 aromatic rings. The second kappa shape index (κ2) is 9.54. The quantitative estimate of drug-likeness (QED) is 0.711. The Hall–Kier alpha value is -1.19. The summed E-state index contributed by atoms with van der Waals surface area (Å²) < 4.78 is 34.1. The van der Waals surface area contributed by atoms with Crippen molar-refractivity contribution in [2.75, 3.05) is 39.8 Å². The summed E-state index contributed by atoms with van der Waals surface area (Å²) in [5.41, 5.74) is 0. The molecular formula is C20H33N3O4S. The van der Waals surface area contributed by atoms with Gasteiger partial charge in [0, 0.05) is 26.2 Å². The number of β-amino-alcohol motifs (C(OH)–C–C–N with tert-alkyl or cyclic N) is 1. The number of benzene rings is 1. The fourth-order valence-corrected chi connectivity index (χ4v) is 5.27. The molecule has 28 heavy (non-hydrogen) atoms. The van der Waals surface area contributed by atoms with Crippen LogP contribution in [-0.2, 0) is 10.0 Å². The molecule has 1 aromatic carbocycles. The first-order valence-corrected chi connectivity index (χ1v) is 11.7. The van der Waals surface area contributed by atoms with Gasteiger partial charge in [-0.05, 0) is 32.1 Å². The molecule has 3 rings (SSSR count). The number of hydrogen-bond donors (Lipinski definition) is 2. The molecule has 0 saturated carbocycles. The Balaban J connectivity index is 1.82. The number of nitrogens with one attached hydrogen (secondary N) is 1. The second-order valence-electron chi connectivity index (χ2n) is 7.94. The highest BCUT2D eigenvalue weighted by atomic mass is 32.2. The van der Waals surface area contributed by atoms with E-state index in [1.165, 1.54) is 19.3 Å². The molecule has 158 valence electrons. The van der Waals surface area contributed by atoms with Gasteiger partial charge in [-0.25, -0.2) is 13.1 Å². The number of aliphatic hydroxyl groups excluding tert-OH is 1. The van der Waals surface area contributed by atoms with Crippen LogP contribution < -0.4 is 9.46 Å². The topological polar surface area (TPSA) is 82.1 Å². The Morgan fingerprint density at radius 1 is 1.18 bits per heavy atom. The molecule has 2 N–H and O–H groups in total. The maximum absolute atomic E-state index is 12.7. The third kappa shape index (κ3) is 5.24. The number of likely N-dealkylation sites (tertiary alicyclic amines) is 1. The molecular weight excluding hydrogens is 378 g/mol. The van der Waals surface area contributed by atoms with Crippen molar-refractivity contribution in [3.63, 3.8) is 0 Å². The van der Waals surface area contributed by atoms with Crippen LogP contribution in [0.2, 0.25) is 0 Å². The minimum absolute atomic E-state index is 0.0148. The fourth-order valence-electron chi connectivity index (χ4n) is 4.07. The normalized spacial score (nSPS) is 28.8. The summed E-state index contributed by atoms with van der Waals surface area (Å²) in [6.45, 7) is 5.24. The molecule has 0 unspecified atom stereocenters. The molecule has 2 aliphatic heterocycles. The molecule has 3 atom stereocenters. The smallest absolute Gasteiger partial charge is 0.244 e. The number of hydrogen-bond acceptors (Lipinski definition) is 6. The van der Waals surface area contributed by atoms with E-state index in [4.69, 9.17) is 4.74 Å². The molecule has 8 heteroatoms. The molecule has 2 heterocycles. The Labute approximate surface area is 168 Å². The van der Waals surface area contributed by atoms with Crippen molar-refractivity contribution in [1.82, 2.24) is 14.5 Å². The van der Waals surface area contributed by atoms with Crippen molar-refractivity contribution in [3.05, 3.63) is 24.3 Å². The summed E-state index contributed by atoms with van der Waals surface area (Å²) in [7, 11) is -1.76. The summed E-state index contributed by atoms with van der Waals surface area (Å²) in [6, 6.07) is 6.85. The Morgan fingerprint density at radius 2 is 1.96 bits per heavy atom. The number of unbranched alkanes of at least 4 members (excludes halogenated alkanes) is 3. The third-order valence-electron chi connectivity index (χ3n) is 5.63. The van der Waals surface area contributed by atoms with Gasteiger partial charge in [-0.2, -0.15) is 0 Å². The van der Waals surface area contributed by atoms with Gasteiger partial charge in [0.2, 0.25) is 10.0 Å². The molecule has 1 saturated heterocycles. The van der Waals surface area contributed by atoms with Crippen LogP contribution in [0.25, 0.3) is 0 Å². The first kappa shape index (κ1) is 21.5. The van der Waals surface area contributed by atoms with E-state index >= 15 is 0 Å². The predicted octanol–water partition coefficient (Wildman–Crippen LogP) is 1.28. The van der Waals surface area contributed by atoms with Crippen LogP contribution in [0.3, 0.4) is 0 Å². The molecule has 7 nitrogen and oxygen atoms in total. The van der Waals surface area contributed by atoms with E-state index in [1.807, 2.05) is 7.05 Å². The summed E-state index contributed by atoms with van der Waals surface area (Å²) in [5.74, 6) is 0.377. The van der Waals surface area contributed by atoms with Crippen molar-refractivity contribution in [2.45, 2.75) is 55.8 Å². The zero-order valence-electron chi connectivity index (χ0n) is 16.9. The van der Waals surface area contributed by atoms with Gasteiger partial charge in [-0.1, -0.05) is 38.3 Å². The van der Waals surface area contributed by atoms with E-state index in [2.05, 4.69) is 21.4 Å². The summed E-state index contributed by atoms with van der Waals surface area (Å²) in [6.07, 6.45) is 3.94. The zero-order valence-corrected chi connectivity index (χ0v) is 17.7. The number of nitrogens with zero attached hydrogens (tertiary/aromatic N) is 2. The van der Waals surface area contributed by atoms with Crippen LogP contribution >= 0.6 is 0 Å². The lowest BCUT2D eigenvalue weighted by atomic mass is 10.1. The summed E-state index contributed by atoms with van der Waals surface area (Å²) >= 11 is 0. The van der Waals surface area contributed by atoms with Crippen LogP contribution in [-0.4, -0.2) is 81.3 Å². The minimum Gasteiger partial charge on any atom is -0.486 e. The maximum Gasteiger partial charge on any atom is 0.244 e. The number of aliphatic hydroxyl groups is 1. The molecule has 0 aromatic heterocycles. The van der Waals surface area contributed by atoms with Crippen LogP contribution in [0.15, 0.2) is 29.2 Å². The number of rotatable bonds is 5. The lowest BCUT2D eigenvalue weighted by Gasteiger charge is -2.30. The number of sulfonamides is 1. The average Bonchev–Trinajstić information content (AvgIpc) is 3.06. The molecule has 0 spiro atoms. The SMILES string of the molecule is CCCCCCN1C[C@@H]2Oc3ccccc3S(=O)(=O)NC[C@H](O)CN(C)[C@@H]2C1. The van der Waals surface area contributed by atoms with Crippen LogP contribution in [0.4, 0.5) is 0 Å². The summed E-state index contributed by atoms with van der Waals surface area (Å²) in [4.78, 5) is 4.63. The lowest BCUT2D eigenvalue weighted by molar-refractivity contribution is 0.0713. The molecule has 0 bridgehead atoms. The van der Waals surface area contributed by atoms with Gasteiger partial charge in [0.05, 0.1) is 12.1 Å².